The second-order valence-electron chi connectivity index (χ2n) is 7.00. The van der Waals surface area contributed by atoms with Gasteiger partial charge in [-0.25, -0.2) is 4.98 Å². The van der Waals surface area contributed by atoms with E-state index in [9.17, 15) is 9.59 Å². The lowest BCUT2D eigenvalue weighted by Crippen LogP contribution is -2.31. The van der Waals surface area contributed by atoms with Crippen molar-refractivity contribution in [3.8, 4) is 5.75 Å². The van der Waals surface area contributed by atoms with Crippen LogP contribution in [0.5, 0.6) is 5.75 Å². The molecule has 1 aliphatic heterocycles. The molecule has 1 saturated heterocycles. The van der Waals surface area contributed by atoms with E-state index in [0.29, 0.717) is 16.9 Å². The van der Waals surface area contributed by atoms with Crippen LogP contribution in [-0.4, -0.2) is 40.6 Å². The summed E-state index contributed by atoms with van der Waals surface area (Å²) in [5.74, 6) is 0.518. The molecule has 0 aliphatic carbocycles. The molecule has 0 bridgehead atoms. The molecule has 0 radical (unpaired) electrons. The third-order valence-corrected chi connectivity index (χ3v) is 6.06. The second kappa shape index (κ2) is 8.60. The Balaban J connectivity index is 1.43. The standard InChI is InChI=1S/C20H23N5O3S/c1-28-15-7-5-14(6-8-15)11-21-16(26)12-25-13-22-18-17(19(25)27)29-20(23-18)24-9-3-2-4-10-24/h5-8,13H,2-4,9-12H2,1H3,(H,21,26). The number of thiazole rings is 1. The third-order valence-electron chi connectivity index (χ3n) is 4.96. The predicted octanol–water partition coefficient (Wildman–Crippen LogP) is 2.17. The largest absolute Gasteiger partial charge is 0.497 e. The molecule has 0 spiro atoms. The molecule has 1 fully saturated rings. The Kier molecular flexibility index (Phi) is 5.75. The predicted molar refractivity (Wildman–Crippen MR) is 113 cm³/mol. The van der Waals surface area contributed by atoms with E-state index < -0.39 is 0 Å². The van der Waals surface area contributed by atoms with Gasteiger partial charge in [-0.1, -0.05) is 23.5 Å². The molecule has 152 valence electrons. The lowest BCUT2D eigenvalue weighted by atomic mass is 10.1. The monoisotopic (exact) mass is 413 g/mol. The van der Waals surface area contributed by atoms with Gasteiger partial charge in [0.15, 0.2) is 10.8 Å². The number of benzene rings is 1. The number of nitrogens with one attached hydrogen (secondary N) is 1. The number of fused-ring (bicyclic) bond motifs is 1. The number of anilines is 1. The summed E-state index contributed by atoms with van der Waals surface area (Å²) in [6, 6.07) is 7.46. The van der Waals surface area contributed by atoms with Crippen LogP contribution >= 0.6 is 11.3 Å². The minimum atomic E-state index is -0.246. The Morgan fingerprint density at radius 3 is 2.69 bits per heavy atom. The van der Waals surface area contributed by atoms with Gasteiger partial charge in [0.1, 0.15) is 23.3 Å². The van der Waals surface area contributed by atoms with Gasteiger partial charge in [-0.3, -0.25) is 14.2 Å². The molecule has 29 heavy (non-hydrogen) atoms. The Morgan fingerprint density at radius 1 is 1.21 bits per heavy atom. The van der Waals surface area contributed by atoms with Crippen molar-refractivity contribution in [3.63, 3.8) is 0 Å². The first-order valence-electron chi connectivity index (χ1n) is 9.64. The van der Waals surface area contributed by atoms with Crippen LogP contribution in [0.25, 0.3) is 10.3 Å². The summed E-state index contributed by atoms with van der Waals surface area (Å²) < 4.78 is 6.96. The molecule has 0 unspecified atom stereocenters. The lowest BCUT2D eigenvalue weighted by Gasteiger charge is -2.25. The summed E-state index contributed by atoms with van der Waals surface area (Å²) in [5, 5.41) is 3.67. The molecular weight excluding hydrogens is 390 g/mol. The quantitative estimate of drug-likeness (QED) is 0.666. The van der Waals surface area contributed by atoms with Gasteiger partial charge in [-0.2, -0.15) is 4.98 Å². The molecule has 3 aromatic rings. The van der Waals surface area contributed by atoms with Gasteiger partial charge in [-0.05, 0) is 37.0 Å². The van der Waals surface area contributed by atoms with Gasteiger partial charge < -0.3 is 15.0 Å². The summed E-state index contributed by atoms with van der Waals surface area (Å²) in [4.78, 5) is 36.1. The van der Waals surface area contributed by atoms with E-state index in [1.807, 2.05) is 24.3 Å². The fraction of sp³-hybridized carbons (Fsp3) is 0.400. The highest BCUT2D eigenvalue weighted by molar-refractivity contribution is 7.22. The average Bonchev–Trinajstić information content (AvgIpc) is 3.20. The van der Waals surface area contributed by atoms with Crippen molar-refractivity contribution in [3.05, 3.63) is 46.5 Å². The van der Waals surface area contributed by atoms with Crippen LogP contribution < -0.4 is 20.5 Å². The summed E-state index contributed by atoms with van der Waals surface area (Å²) in [7, 11) is 1.61. The lowest BCUT2D eigenvalue weighted by molar-refractivity contribution is -0.121. The van der Waals surface area contributed by atoms with E-state index in [1.54, 1.807) is 7.11 Å². The van der Waals surface area contributed by atoms with E-state index in [0.717, 1.165) is 42.4 Å². The zero-order chi connectivity index (χ0) is 20.2. The van der Waals surface area contributed by atoms with Crippen molar-refractivity contribution in [1.29, 1.82) is 0 Å². The minimum absolute atomic E-state index is 0.0745. The summed E-state index contributed by atoms with van der Waals surface area (Å²) >= 11 is 1.36. The van der Waals surface area contributed by atoms with E-state index in [-0.39, 0.29) is 18.0 Å². The molecule has 1 aromatic carbocycles. The number of methoxy groups -OCH3 is 1. The SMILES string of the molecule is COc1ccc(CNC(=O)Cn2cnc3nc(N4CCCCC4)sc3c2=O)cc1. The first-order chi connectivity index (χ1) is 14.1. The van der Waals surface area contributed by atoms with Crippen LogP contribution in [0.2, 0.25) is 0 Å². The van der Waals surface area contributed by atoms with Crippen LogP contribution in [0.3, 0.4) is 0 Å². The number of carbonyl (C=O) groups is 1. The zero-order valence-electron chi connectivity index (χ0n) is 16.3. The maximum Gasteiger partial charge on any atom is 0.273 e. The van der Waals surface area contributed by atoms with Gasteiger partial charge in [0.05, 0.1) is 7.11 Å². The number of hydrogen-bond donors (Lipinski definition) is 1. The average molecular weight is 414 g/mol. The number of piperidine rings is 1. The minimum Gasteiger partial charge on any atom is -0.497 e. The number of amides is 1. The Morgan fingerprint density at radius 2 is 1.97 bits per heavy atom. The Labute approximate surface area is 172 Å². The maximum absolute atomic E-state index is 12.8. The van der Waals surface area contributed by atoms with Crippen molar-refractivity contribution in [2.45, 2.75) is 32.4 Å². The van der Waals surface area contributed by atoms with Crippen LogP contribution in [0.15, 0.2) is 35.4 Å². The Hall–Kier alpha value is -2.94. The van der Waals surface area contributed by atoms with E-state index in [2.05, 4.69) is 20.2 Å². The number of hydrogen-bond acceptors (Lipinski definition) is 7. The number of nitrogens with zero attached hydrogens (tertiary/aromatic N) is 4. The van der Waals surface area contributed by atoms with Crippen molar-refractivity contribution in [2.24, 2.45) is 0 Å². The van der Waals surface area contributed by atoms with E-state index in [4.69, 9.17) is 4.74 Å². The van der Waals surface area contributed by atoms with Crippen molar-refractivity contribution in [2.75, 3.05) is 25.1 Å². The van der Waals surface area contributed by atoms with Crippen molar-refractivity contribution in [1.82, 2.24) is 19.9 Å². The molecule has 1 amide bonds. The number of aromatic nitrogens is 3. The van der Waals surface area contributed by atoms with Crippen molar-refractivity contribution >= 4 is 32.7 Å². The molecular formula is C20H23N5O3S. The zero-order valence-corrected chi connectivity index (χ0v) is 17.1. The third kappa shape index (κ3) is 4.40. The summed E-state index contributed by atoms with van der Waals surface area (Å²) in [6.07, 6.45) is 4.92. The van der Waals surface area contributed by atoms with Gasteiger partial charge in [0, 0.05) is 19.6 Å². The normalized spacial score (nSPS) is 14.2. The highest BCUT2D eigenvalue weighted by Gasteiger charge is 2.18. The molecule has 2 aromatic heterocycles. The first kappa shape index (κ1) is 19.4. The molecule has 8 nitrogen and oxygen atoms in total. The second-order valence-corrected chi connectivity index (χ2v) is 7.98. The molecule has 0 atom stereocenters. The fourth-order valence-corrected chi connectivity index (χ4v) is 4.34. The molecule has 3 heterocycles. The van der Waals surface area contributed by atoms with Crippen LogP contribution in [0, 0.1) is 0 Å². The van der Waals surface area contributed by atoms with Gasteiger partial charge in [0.25, 0.3) is 5.56 Å². The topological polar surface area (TPSA) is 89.3 Å². The van der Waals surface area contributed by atoms with Gasteiger partial charge >= 0.3 is 0 Å². The number of carbonyl (C=O) groups excluding carboxylic acids is 1. The molecule has 1 N–H and O–H groups in total. The van der Waals surface area contributed by atoms with Gasteiger partial charge in [0.2, 0.25) is 5.91 Å². The molecule has 0 saturated carbocycles. The maximum atomic E-state index is 12.8. The Bertz CT molecular complexity index is 1050. The fourth-order valence-electron chi connectivity index (χ4n) is 3.32. The van der Waals surface area contributed by atoms with Crippen LogP contribution in [-0.2, 0) is 17.9 Å². The highest BCUT2D eigenvalue weighted by Crippen LogP contribution is 2.27. The van der Waals surface area contributed by atoms with E-state index >= 15 is 0 Å². The number of ether oxygens (including phenoxy) is 1. The summed E-state index contributed by atoms with van der Waals surface area (Å²) in [5.41, 5.74) is 1.18. The van der Waals surface area contributed by atoms with Gasteiger partial charge in [-0.15, -0.1) is 0 Å². The molecule has 1 aliphatic rings. The van der Waals surface area contributed by atoms with Crippen molar-refractivity contribution < 1.29 is 9.53 Å². The highest BCUT2D eigenvalue weighted by atomic mass is 32.1. The van der Waals surface area contributed by atoms with Crippen LogP contribution in [0.4, 0.5) is 5.13 Å². The summed E-state index contributed by atoms with van der Waals surface area (Å²) in [6.45, 7) is 2.23. The smallest absolute Gasteiger partial charge is 0.273 e. The van der Waals surface area contributed by atoms with E-state index in [1.165, 1.54) is 28.7 Å². The number of rotatable bonds is 6. The van der Waals surface area contributed by atoms with Crippen LogP contribution in [0.1, 0.15) is 24.8 Å². The molecule has 9 heteroatoms. The first-order valence-corrected chi connectivity index (χ1v) is 10.5. The molecule has 4 rings (SSSR count).